The van der Waals surface area contributed by atoms with Gasteiger partial charge in [-0.2, -0.15) is 4.98 Å². The summed E-state index contributed by atoms with van der Waals surface area (Å²) in [6.07, 6.45) is 7.72. The molecular weight excluding hydrogens is 526 g/mol. The molecule has 5 rings (SSSR count). The molecule has 1 atom stereocenters. The van der Waals surface area contributed by atoms with Crippen LogP contribution in [-0.2, 0) is 9.53 Å². The summed E-state index contributed by atoms with van der Waals surface area (Å²) in [5.41, 5.74) is 6.57. The van der Waals surface area contributed by atoms with Crippen molar-refractivity contribution in [2.75, 3.05) is 63.6 Å². The van der Waals surface area contributed by atoms with Gasteiger partial charge in [0.2, 0.25) is 11.9 Å². The van der Waals surface area contributed by atoms with Crippen LogP contribution in [0.3, 0.4) is 0 Å². The minimum absolute atomic E-state index is 0.0123. The molecule has 1 saturated carbocycles. The van der Waals surface area contributed by atoms with Crippen molar-refractivity contribution < 1.29 is 19.1 Å². The number of aromatic nitrogens is 3. The van der Waals surface area contributed by atoms with Crippen LogP contribution in [0.2, 0.25) is 0 Å². The van der Waals surface area contributed by atoms with E-state index in [4.69, 9.17) is 10.5 Å². The van der Waals surface area contributed by atoms with Crippen LogP contribution >= 0.6 is 0 Å². The Kier molecular flexibility index (Phi) is 9.04. The van der Waals surface area contributed by atoms with Crippen molar-refractivity contribution in [2.45, 2.75) is 37.8 Å². The molecule has 218 valence electrons. The zero-order chi connectivity index (χ0) is 28.8. The lowest BCUT2D eigenvalue weighted by atomic mass is 10.1. The van der Waals surface area contributed by atoms with Crippen molar-refractivity contribution in [1.29, 1.82) is 0 Å². The van der Waals surface area contributed by atoms with Crippen LogP contribution in [-0.4, -0.2) is 113 Å². The summed E-state index contributed by atoms with van der Waals surface area (Å²) in [4.78, 5) is 47.8. The molecule has 13 nitrogen and oxygen atoms in total. The van der Waals surface area contributed by atoms with E-state index in [9.17, 15) is 14.4 Å². The number of anilines is 3. The first kappa shape index (κ1) is 28.4. The third kappa shape index (κ3) is 7.55. The molecule has 2 aliphatic heterocycles. The van der Waals surface area contributed by atoms with Crippen LogP contribution in [0.4, 0.5) is 17.5 Å². The second-order valence-electron chi connectivity index (χ2n) is 10.6. The van der Waals surface area contributed by atoms with Gasteiger partial charge in [0.05, 0.1) is 13.2 Å². The monoisotopic (exact) mass is 563 g/mol. The normalized spacial score (nSPS) is 19.4. The van der Waals surface area contributed by atoms with E-state index >= 15 is 0 Å². The molecule has 0 radical (unpaired) electrons. The average molecular weight is 564 g/mol. The lowest BCUT2D eigenvalue weighted by Crippen LogP contribution is -2.44. The van der Waals surface area contributed by atoms with E-state index in [0.29, 0.717) is 56.7 Å². The Labute approximate surface area is 239 Å². The minimum Gasteiger partial charge on any atom is -0.378 e. The number of nitrogens with two attached hydrogens (primary N) is 1. The van der Waals surface area contributed by atoms with E-state index in [1.165, 1.54) is 12.8 Å². The molecule has 3 aliphatic rings. The predicted molar refractivity (Wildman–Crippen MR) is 153 cm³/mol. The average Bonchev–Trinajstić information content (AvgIpc) is 3.84. The number of nitrogens with zero attached hydrogens (tertiary/aromatic N) is 6. The molecule has 1 aromatic heterocycles. The first-order chi connectivity index (χ1) is 19.9. The highest BCUT2D eigenvalue weighted by molar-refractivity contribution is 5.97. The number of carbonyl (C=O) groups excluding carboxylic acids is 3. The zero-order valence-electron chi connectivity index (χ0n) is 23.3. The van der Waals surface area contributed by atoms with Crippen molar-refractivity contribution in [1.82, 2.24) is 29.9 Å². The fraction of sp³-hybridized carbons (Fsp3) is 0.500. The molecule has 3 fully saturated rings. The number of benzene rings is 1. The Morgan fingerprint density at radius 1 is 1.07 bits per heavy atom. The Morgan fingerprint density at radius 3 is 2.54 bits per heavy atom. The van der Waals surface area contributed by atoms with Gasteiger partial charge in [0.15, 0.2) is 11.5 Å². The number of amides is 3. The van der Waals surface area contributed by atoms with Crippen molar-refractivity contribution in [3.05, 3.63) is 47.7 Å². The number of likely N-dealkylation sites (N-methyl/N-ethyl adjacent to an activating group) is 1. The maximum atomic E-state index is 12.8. The topological polar surface area (TPSA) is 159 Å². The van der Waals surface area contributed by atoms with Crippen LogP contribution in [0.5, 0.6) is 0 Å². The van der Waals surface area contributed by atoms with Gasteiger partial charge in [-0.15, -0.1) is 10.2 Å². The van der Waals surface area contributed by atoms with E-state index in [-0.39, 0.29) is 35.3 Å². The number of nitrogens with one attached hydrogen (secondary N) is 2. The van der Waals surface area contributed by atoms with E-state index in [2.05, 4.69) is 37.8 Å². The van der Waals surface area contributed by atoms with Gasteiger partial charge in [0.1, 0.15) is 0 Å². The summed E-state index contributed by atoms with van der Waals surface area (Å²) in [6, 6.07) is 7.46. The summed E-state index contributed by atoms with van der Waals surface area (Å²) in [5.74, 6) is -0.478. The van der Waals surface area contributed by atoms with Crippen molar-refractivity contribution in [3.63, 3.8) is 0 Å². The number of hydrogen-bond acceptors (Lipinski definition) is 10. The van der Waals surface area contributed by atoms with Crippen molar-refractivity contribution in [3.8, 4) is 0 Å². The molecule has 4 N–H and O–H groups in total. The van der Waals surface area contributed by atoms with E-state index < -0.39 is 5.91 Å². The Bertz CT molecular complexity index is 1280. The summed E-state index contributed by atoms with van der Waals surface area (Å²) >= 11 is 0. The molecule has 0 unspecified atom stereocenters. The van der Waals surface area contributed by atoms with E-state index in [1.54, 1.807) is 35.2 Å². The molecule has 0 spiro atoms. The Hall–Kier alpha value is -4.10. The number of likely N-dealkylation sites (tertiary alicyclic amines) is 1. The second kappa shape index (κ2) is 13.0. The van der Waals surface area contributed by atoms with Gasteiger partial charge in [0, 0.05) is 62.1 Å². The highest BCUT2D eigenvalue weighted by Crippen LogP contribution is 2.25. The zero-order valence-corrected chi connectivity index (χ0v) is 23.3. The van der Waals surface area contributed by atoms with Crippen LogP contribution < -0.4 is 16.4 Å². The number of carbonyl (C=O) groups is 3. The second-order valence-corrected chi connectivity index (χ2v) is 10.6. The standard InChI is InChI=1S/C28H37N9O4/c1-35(22-10-11-22)12-3-5-23(38)37-13-2-4-21(18-37)31-28-32-26(24(25(29)39)33-34-28)30-20-8-6-19(7-9-20)27(40)36-14-16-41-17-15-36/h3,5-9,21-22H,2,4,10-18H2,1H3,(H2,29,39)(H2,30,31,32,34)/b5-3+/t21-/m1/s1. The molecule has 2 saturated heterocycles. The number of hydrogen-bond donors (Lipinski definition) is 3. The summed E-state index contributed by atoms with van der Waals surface area (Å²) < 4.78 is 5.32. The molecule has 41 heavy (non-hydrogen) atoms. The largest absolute Gasteiger partial charge is 0.378 e. The summed E-state index contributed by atoms with van der Waals surface area (Å²) in [6.45, 7) is 4.14. The third-order valence-corrected chi connectivity index (χ3v) is 7.50. The fourth-order valence-corrected chi connectivity index (χ4v) is 4.99. The van der Waals surface area contributed by atoms with Gasteiger partial charge in [-0.3, -0.25) is 19.3 Å². The van der Waals surface area contributed by atoms with Crippen LogP contribution in [0.1, 0.15) is 46.5 Å². The molecule has 13 heteroatoms. The molecule has 2 aromatic rings. The quantitative estimate of drug-likeness (QED) is 0.359. The lowest BCUT2D eigenvalue weighted by Gasteiger charge is -2.32. The van der Waals surface area contributed by atoms with Crippen LogP contribution in [0.15, 0.2) is 36.4 Å². The van der Waals surface area contributed by atoms with Crippen molar-refractivity contribution in [2.24, 2.45) is 5.73 Å². The molecule has 0 bridgehead atoms. The Balaban J connectivity index is 1.21. The van der Waals surface area contributed by atoms with Crippen molar-refractivity contribution >= 4 is 35.2 Å². The van der Waals surface area contributed by atoms with Crippen LogP contribution in [0.25, 0.3) is 0 Å². The Morgan fingerprint density at radius 2 is 1.83 bits per heavy atom. The number of ether oxygens (including phenoxy) is 1. The van der Waals surface area contributed by atoms with Gasteiger partial charge < -0.3 is 30.9 Å². The third-order valence-electron chi connectivity index (χ3n) is 7.50. The fourth-order valence-electron chi connectivity index (χ4n) is 4.99. The highest BCUT2D eigenvalue weighted by Gasteiger charge is 2.26. The first-order valence-electron chi connectivity index (χ1n) is 14.1. The lowest BCUT2D eigenvalue weighted by molar-refractivity contribution is -0.127. The summed E-state index contributed by atoms with van der Waals surface area (Å²) in [7, 11) is 2.08. The molecule has 3 heterocycles. The van der Waals surface area contributed by atoms with Gasteiger partial charge in [0.25, 0.3) is 11.8 Å². The molecule has 1 aliphatic carbocycles. The van der Waals surface area contributed by atoms with Gasteiger partial charge in [-0.1, -0.05) is 6.08 Å². The van der Waals surface area contributed by atoms with Gasteiger partial charge in [-0.25, -0.2) is 0 Å². The minimum atomic E-state index is -0.772. The van der Waals surface area contributed by atoms with E-state index in [1.807, 2.05) is 11.0 Å². The first-order valence-corrected chi connectivity index (χ1v) is 14.1. The highest BCUT2D eigenvalue weighted by atomic mass is 16.5. The maximum absolute atomic E-state index is 12.8. The number of piperidine rings is 1. The summed E-state index contributed by atoms with van der Waals surface area (Å²) in [5, 5.41) is 14.4. The SMILES string of the molecule is CN(C/C=C/C(=O)N1CCC[C@@H](Nc2nnc(C(N)=O)c(Nc3ccc(C(=O)N4CCOCC4)cc3)n2)C1)C1CC1. The number of primary amides is 1. The molecule has 3 amide bonds. The predicted octanol–water partition coefficient (Wildman–Crippen LogP) is 1.24. The number of morpholine rings is 1. The molecular formula is C28H37N9O4. The maximum Gasteiger partial charge on any atom is 0.273 e. The van der Waals surface area contributed by atoms with Gasteiger partial charge >= 0.3 is 0 Å². The van der Waals surface area contributed by atoms with Gasteiger partial charge in [-0.05, 0) is 57.0 Å². The molecule has 1 aromatic carbocycles. The van der Waals surface area contributed by atoms with Crippen LogP contribution in [0, 0.1) is 0 Å². The smallest absolute Gasteiger partial charge is 0.273 e. The van der Waals surface area contributed by atoms with E-state index in [0.717, 1.165) is 19.4 Å². The number of rotatable bonds is 10.